The van der Waals surface area contributed by atoms with Crippen LogP contribution in [-0.2, 0) is 19.8 Å². The molecule has 0 spiro atoms. The van der Waals surface area contributed by atoms with Crippen LogP contribution in [0.25, 0.3) is 5.52 Å². The van der Waals surface area contributed by atoms with E-state index in [0.717, 1.165) is 0 Å². The third-order valence-corrected chi connectivity index (χ3v) is 5.08. The second-order valence-electron chi connectivity index (χ2n) is 7.57. The highest BCUT2D eigenvalue weighted by molar-refractivity contribution is 6.00. The smallest absolute Gasteiger partial charge is 0.226 e. The van der Waals surface area contributed by atoms with Crippen LogP contribution in [0.1, 0.15) is 25.2 Å². The van der Waals surface area contributed by atoms with E-state index in [2.05, 4.69) is 16.2 Å². The summed E-state index contributed by atoms with van der Waals surface area (Å²) in [4.78, 5) is 5.85. The molecule has 4 heterocycles. The minimum atomic E-state index is -1.52. The number of aliphatic hydroxyl groups is 1. The van der Waals surface area contributed by atoms with Crippen LogP contribution in [0.3, 0.4) is 0 Å². The Labute approximate surface area is 161 Å². The van der Waals surface area contributed by atoms with Crippen molar-refractivity contribution in [3.8, 4) is 6.07 Å². The first kappa shape index (κ1) is 18.8. The average molecular weight is 386 g/mol. The van der Waals surface area contributed by atoms with E-state index in [0.29, 0.717) is 16.9 Å². The Hall–Kier alpha value is -2.58. The van der Waals surface area contributed by atoms with Crippen molar-refractivity contribution in [1.29, 1.82) is 10.7 Å². The van der Waals surface area contributed by atoms with Crippen LogP contribution in [0.15, 0.2) is 18.5 Å². The van der Waals surface area contributed by atoms with Crippen LogP contribution < -0.4 is 0 Å². The molecule has 4 atom stereocenters. The van der Waals surface area contributed by atoms with Crippen molar-refractivity contribution in [3.05, 3.63) is 29.8 Å². The van der Waals surface area contributed by atoms with Gasteiger partial charge in [0.2, 0.25) is 5.60 Å². The SMILES string of the molecule is CN(C)C(=N)c1ncnn2c([C@]3(C#N)OC(CO)[C@H]4OC(C)(C)O[C@H]43)ccc12. The Morgan fingerprint density at radius 2 is 2.11 bits per heavy atom. The highest BCUT2D eigenvalue weighted by Crippen LogP contribution is 2.49. The second-order valence-corrected chi connectivity index (χ2v) is 7.57. The number of nitriles is 1. The molecule has 2 aliphatic rings. The molecular weight excluding hydrogens is 364 g/mol. The first-order valence-electron chi connectivity index (χ1n) is 8.89. The topological polar surface area (TPSA) is 129 Å². The molecule has 2 aromatic rings. The van der Waals surface area contributed by atoms with Gasteiger partial charge in [0.05, 0.1) is 17.8 Å². The van der Waals surface area contributed by atoms with Crippen molar-refractivity contribution >= 4 is 11.4 Å². The second kappa shape index (κ2) is 6.22. The molecule has 10 heteroatoms. The van der Waals surface area contributed by atoms with Gasteiger partial charge in [-0.25, -0.2) is 9.50 Å². The van der Waals surface area contributed by atoms with Crippen LogP contribution in [0.5, 0.6) is 0 Å². The van der Waals surface area contributed by atoms with Gasteiger partial charge < -0.3 is 24.2 Å². The summed E-state index contributed by atoms with van der Waals surface area (Å²) in [5, 5.41) is 32.5. The molecule has 148 valence electrons. The Morgan fingerprint density at radius 3 is 2.75 bits per heavy atom. The maximum Gasteiger partial charge on any atom is 0.226 e. The van der Waals surface area contributed by atoms with Crippen LogP contribution in [0.4, 0.5) is 0 Å². The number of fused-ring (bicyclic) bond motifs is 2. The Kier molecular flexibility index (Phi) is 4.17. The quantitative estimate of drug-likeness (QED) is 0.567. The van der Waals surface area contributed by atoms with Crippen molar-refractivity contribution in [3.63, 3.8) is 0 Å². The molecule has 2 N–H and O–H groups in total. The zero-order valence-corrected chi connectivity index (χ0v) is 16.1. The zero-order valence-electron chi connectivity index (χ0n) is 16.1. The Balaban J connectivity index is 1.88. The van der Waals surface area contributed by atoms with E-state index in [4.69, 9.17) is 19.6 Å². The summed E-state index contributed by atoms with van der Waals surface area (Å²) < 4.78 is 19.4. The number of hydrogen-bond donors (Lipinski definition) is 2. The minimum absolute atomic E-state index is 0.211. The molecule has 0 aromatic carbocycles. The maximum absolute atomic E-state index is 10.1. The van der Waals surface area contributed by atoms with Crippen molar-refractivity contribution < 1.29 is 19.3 Å². The fourth-order valence-electron chi connectivity index (χ4n) is 3.85. The van der Waals surface area contributed by atoms with E-state index in [9.17, 15) is 10.4 Å². The van der Waals surface area contributed by atoms with Gasteiger partial charge in [0, 0.05) is 14.1 Å². The average Bonchev–Trinajstić information content (AvgIpc) is 3.30. The Morgan fingerprint density at radius 1 is 1.36 bits per heavy atom. The summed E-state index contributed by atoms with van der Waals surface area (Å²) in [5.41, 5.74) is -0.0925. The number of nitrogens with one attached hydrogen (secondary N) is 1. The predicted octanol–water partition coefficient (Wildman–Crippen LogP) is 0.246. The minimum Gasteiger partial charge on any atom is -0.394 e. The van der Waals surface area contributed by atoms with Gasteiger partial charge in [-0.05, 0) is 26.0 Å². The highest BCUT2D eigenvalue weighted by Gasteiger charge is 2.65. The molecule has 2 aliphatic heterocycles. The number of rotatable bonds is 3. The van der Waals surface area contributed by atoms with Gasteiger partial charge in [-0.15, -0.1) is 0 Å². The molecule has 2 fully saturated rings. The van der Waals surface area contributed by atoms with E-state index >= 15 is 0 Å². The first-order valence-corrected chi connectivity index (χ1v) is 8.89. The number of ether oxygens (including phenoxy) is 3. The predicted molar refractivity (Wildman–Crippen MR) is 96.6 cm³/mol. The molecule has 1 unspecified atom stereocenters. The largest absolute Gasteiger partial charge is 0.394 e. The molecule has 4 rings (SSSR count). The lowest BCUT2D eigenvalue weighted by Crippen LogP contribution is -2.40. The van der Waals surface area contributed by atoms with Crippen LogP contribution in [0.2, 0.25) is 0 Å². The van der Waals surface area contributed by atoms with Gasteiger partial charge in [0.25, 0.3) is 0 Å². The van der Waals surface area contributed by atoms with Crippen molar-refractivity contribution in [2.24, 2.45) is 0 Å². The van der Waals surface area contributed by atoms with Gasteiger partial charge >= 0.3 is 0 Å². The Bertz CT molecular complexity index is 980. The van der Waals surface area contributed by atoms with E-state index in [-0.39, 0.29) is 12.4 Å². The molecule has 0 aliphatic carbocycles. The monoisotopic (exact) mass is 386 g/mol. The van der Waals surface area contributed by atoms with Crippen LogP contribution in [-0.4, -0.2) is 75.2 Å². The molecule has 2 aromatic heterocycles. The van der Waals surface area contributed by atoms with Crippen LogP contribution in [0, 0.1) is 16.7 Å². The molecule has 28 heavy (non-hydrogen) atoms. The molecule has 10 nitrogen and oxygen atoms in total. The van der Waals surface area contributed by atoms with Gasteiger partial charge in [-0.2, -0.15) is 10.4 Å². The fraction of sp³-hybridized carbons (Fsp3) is 0.556. The lowest BCUT2D eigenvalue weighted by molar-refractivity contribution is -0.204. The molecule has 0 amide bonds. The number of aromatic nitrogens is 3. The van der Waals surface area contributed by atoms with E-state index < -0.39 is 29.7 Å². The number of amidine groups is 1. The van der Waals surface area contributed by atoms with Crippen molar-refractivity contribution in [1.82, 2.24) is 19.5 Å². The summed E-state index contributed by atoms with van der Waals surface area (Å²) in [5.74, 6) is -0.697. The van der Waals surface area contributed by atoms with Gasteiger partial charge in [0.15, 0.2) is 5.79 Å². The summed E-state index contributed by atoms with van der Waals surface area (Å²) in [7, 11) is 3.51. The molecular formula is C18H22N6O4. The third-order valence-electron chi connectivity index (χ3n) is 5.08. The third kappa shape index (κ3) is 2.51. The van der Waals surface area contributed by atoms with E-state index in [1.165, 1.54) is 10.8 Å². The lowest BCUT2D eigenvalue weighted by Gasteiger charge is -2.28. The molecule has 0 radical (unpaired) electrons. The van der Waals surface area contributed by atoms with Crippen molar-refractivity contribution in [2.45, 2.75) is 43.5 Å². The number of hydrogen-bond acceptors (Lipinski definition) is 8. The van der Waals surface area contributed by atoms with E-state index in [1.807, 2.05) is 0 Å². The zero-order chi connectivity index (χ0) is 20.3. The fourth-order valence-corrected chi connectivity index (χ4v) is 3.85. The van der Waals surface area contributed by atoms with Gasteiger partial charge in [-0.1, -0.05) is 0 Å². The van der Waals surface area contributed by atoms with E-state index in [1.54, 1.807) is 45.0 Å². The normalized spacial score (nSPS) is 30.9. The number of nitrogens with zero attached hydrogens (tertiary/aromatic N) is 5. The molecule has 0 saturated carbocycles. The number of aliphatic hydroxyl groups excluding tert-OH is 1. The summed E-state index contributed by atoms with van der Waals surface area (Å²) in [6.45, 7) is 3.21. The molecule has 2 saturated heterocycles. The highest BCUT2D eigenvalue weighted by atomic mass is 16.8. The summed E-state index contributed by atoms with van der Waals surface area (Å²) in [6.07, 6.45) is -0.708. The summed E-state index contributed by atoms with van der Waals surface area (Å²) >= 11 is 0. The standard InChI is InChI=1S/C18H22N6O4/c1-17(2)27-14-11(7-25)26-18(8-19,15(14)28-17)12-6-5-10-13(16(20)23(3)4)21-9-22-24(10)12/h5-6,9,11,14-15,20,25H,7H2,1-4H3/t11?,14-,15-,18+/m1/s1. The van der Waals surface area contributed by atoms with Gasteiger partial charge in [-0.3, -0.25) is 5.41 Å². The van der Waals surface area contributed by atoms with Gasteiger partial charge in [0.1, 0.15) is 42.2 Å². The molecule has 0 bridgehead atoms. The lowest BCUT2D eigenvalue weighted by atomic mass is 9.92. The maximum atomic E-state index is 10.1. The summed E-state index contributed by atoms with van der Waals surface area (Å²) in [6, 6.07) is 5.69. The van der Waals surface area contributed by atoms with Crippen molar-refractivity contribution in [2.75, 3.05) is 20.7 Å². The van der Waals surface area contributed by atoms with Crippen LogP contribution >= 0.6 is 0 Å². The first-order chi connectivity index (χ1) is 13.2.